The Morgan fingerprint density at radius 1 is 0.786 bits per heavy atom. The van der Waals surface area contributed by atoms with Crippen molar-refractivity contribution in [2.24, 2.45) is 17.8 Å². The molecule has 2 heterocycles. The van der Waals surface area contributed by atoms with Gasteiger partial charge in [-0.15, -0.1) is 0 Å². The second-order valence-electron chi connectivity index (χ2n) is 10.2. The first-order valence-electron chi connectivity index (χ1n) is 13.3. The van der Waals surface area contributed by atoms with E-state index in [1.54, 1.807) is 6.92 Å². The lowest BCUT2D eigenvalue weighted by Crippen LogP contribution is -2.63. The molecule has 0 aromatic heterocycles. The van der Waals surface area contributed by atoms with Gasteiger partial charge in [0.2, 0.25) is 12.6 Å². The quantitative estimate of drug-likeness (QED) is 0.266. The monoisotopic (exact) mass is 600 g/mol. The molecular formula is C27H36O15. The standard InChI is InChI=1S/C27H36O15/c1-11-19(37-13(3)29)8-17-18(25(33)34-7)9-36-26(21(11)17)42-27-24(40-16(6)32)23(39-15(5)31)22(38-14(4)30)20(41-27)10-35-12(2)28/h9,11,17,19-24,26-27H,8,10H2,1-7H3/t11-,17-,19+,20-,21-,22-,23+,24-,26+,27+/m1/s1. The summed E-state index contributed by atoms with van der Waals surface area (Å²) in [6.45, 7) is 7.11. The summed E-state index contributed by atoms with van der Waals surface area (Å²) in [5.74, 6) is -5.66. The average molecular weight is 601 g/mol. The van der Waals surface area contributed by atoms with E-state index in [2.05, 4.69) is 0 Å². The number of carbonyl (C=O) groups is 6. The van der Waals surface area contributed by atoms with Crippen LogP contribution in [-0.4, -0.2) is 92.6 Å². The number of ether oxygens (including phenoxy) is 9. The zero-order chi connectivity index (χ0) is 31.3. The lowest BCUT2D eigenvalue weighted by atomic mass is 9.83. The Balaban J connectivity index is 2.01. The summed E-state index contributed by atoms with van der Waals surface area (Å²) < 4.78 is 49.8. The van der Waals surface area contributed by atoms with Gasteiger partial charge in [-0.25, -0.2) is 4.79 Å². The molecule has 0 amide bonds. The van der Waals surface area contributed by atoms with Crippen molar-refractivity contribution in [3.05, 3.63) is 11.8 Å². The summed E-state index contributed by atoms with van der Waals surface area (Å²) in [6.07, 6.45) is -7.30. The molecule has 0 aromatic carbocycles. The van der Waals surface area contributed by atoms with Crippen molar-refractivity contribution < 1.29 is 71.4 Å². The van der Waals surface area contributed by atoms with E-state index in [0.717, 1.165) is 27.7 Å². The van der Waals surface area contributed by atoms with E-state index in [4.69, 9.17) is 42.6 Å². The lowest BCUT2D eigenvalue weighted by molar-refractivity contribution is -0.345. The van der Waals surface area contributed by atoms with Crippen molar-refractivity contribution in [1.29, 1.82) is 0 Å². The van der Waals surface area contributed by atoms with E-state index in [1.807, 2.05) is 0 Å². The molecule has 0 unspecified atom stereocenters. The van der Waals surface area contributed by atoms with E-state index in [0.29, 0.717) is 0 Å². The highest BCUT2D eigenvalue weighted by atomic mass is 16.8. The molecule has 2 aliphatic heterocycles. The fourth-order valence-electron chi connectivity index (χ4n) is 5.57. The summed E-state index contributed by atoms with van der Waals surface area (Å²) >= 11 is 0. The first-order chi connectivity index (χ1) is 19.7. The molecule has 10 atom stereocenters. The van der Waals surface area contributed by atoms with E-state index in [9.17, 15) is 28.8 Å². The third kappa shape index (κ3) is 7.76. The summed E-state index contributed by atoms with van der Waals surface area (Å²) in [5, 5.41) is 0. The number of rotatable bonds is 9. The van der Waals surface area contributed by atoms with Crippen LogP contribution in [0.1, 0.15) is 48.0 Å². The van der Waals surface area contributed by atoms with E-state index < -0.39 is 97.4 Å². The molecule has 0 aromatic rings. The Kier molecular flexibility index (Phi) is 10.9. The van der Waals surface area contributed by atoms with Crippen molar-refractivity contribution >= 4 is 35.8 Å². The number of methoxy groups -OCH3 is 1. The van der Waals surface area contributed by atoms with Crippen molar-refractivity contribution in [1.82, 2.24) is 0 Å². The maximum atomic E-state index is 12.5. The summed E-state index contributed by atoms with van der Waals surface area (Å²) in [5.41, 5.74) is 0.213. The fraction of sp³-hybridized carbons (Fsp3) is 0.704. The Labute approximate surface area is 242 Å². The molecule has 0 bridgehead atoms. The molecule has 15 heteroatoms. The van der Waals surface area contributed by atoms with Gasteiger partial charge in [0.15, 0.2) is 18.3 Å². The molecule has 0 radical (unpaired) electrons. The molecular weight excluding hydrogens is 564 g/mol. The van der Waals surface area contributed by atoms with Gasteiger partial charge >= 0.3 is 35.8 Å². The second kappa shape index (κ2) is 14.0. The van der Waals surface area contributed by atoms with Crippen LogP contribution in [0, 0.1) is 17.8 Å². The van der Waals surface area contributed by atoms with Gasteiger partial charge in [-0.1, -0.05) is 6.92 Å². The zero-order valence-corrected chi connectivity index (χ0v) is 24.4. The second-order valence-corrected chi connectivity index (χ2v) is 10.2. The summed E-state index contributed by atoms with van der Waals surface area (Å²) in [4.78, 5) is 72.1. The zero-order valence-electron chi connectivity index (χ0n) is 24.4. The SMILES string of the molecule is COC(=O)C1=CO[C@@H](O[C@@H]2O[C@H](COC(C)=O)[C@@H](OC(C)=O)[C@H](OC(C)=O)[C@H]2OC(C)=O)[C@@H]2[C@H](C)[C@@H](OC(C)=O)C[C@H]12. The first-order valence-corrected chi connectivity index (χ1v) is 13.3. The third-order valence-corrected chi connectivity index (χ3v) is 7.14. The van der Waals surface area contributed by atoms with Crippen LogP contribution >= 0.6 is 0 Å². The molecule has 0 N–H and O–H groups in total. The van der Waals surface area contributed by atoms with Gasteiger partial charge in [-0.3, -0.25) is 24.0 Å². The van der Waals surface area contributed by atoms with Crippen LogP contribution in [0.2, 0.25) is 0 Å². The lowest BCUT2D eigenvalue weighted by Gasteiger charge is -2.46. The maximum absolute atomic E-state index is 12.5. The maximum Gasteiger partial charge on any atom is 0.337 e. The van der Waals surface area contributed by atoms with Gasteiger partial charge in [0.05, 0.1) is 18.9 Å². The predicted molar refractivity (Wildman–Crippen MR) is 134 cm³/mol. The minimum atomic E-state index is -1.51. The number of hydrogen-bond donors (Lipinski definition) is 0. The largest absolute Gasteiger partial charge is 0.472 e. The van der Waals surface area contributed by atoms with Crippen molar-refractivity contribution in [3.63, 3.8) is 0 Å². The Hall–Kier alpha value is -3.72. The third-order valence-electron chi connectivity index (χ3n) is 7.14. The highest BCUT2D eigenvalue weighted by Crippen LogP contribution is 2.49. The van der Waals surface area contributed by atoms with Gasteiger partial charge in [0.1, 0.15) is 18.8 Å². The van der Waals surface area contributed by atoms with Gasteiger partial charge in [0, 0.05) is 52.4 Å². The Morgan fingerprint density at radius 3 is 1.90 bits per heavy atom. The normalized spacial score (nSPS) is 33.5. The molecule has 42 heavy (non-hydrogen) atoms. The molecule has 2 fully saturated rings. The van der Waals surface area contributed by atoms with Gasteiger partial charge < -0.3 is 42.6 Å². The topological polar surface area (TPSA) is 185 Å². The molecule has 3 rings (SSSR count). The molecule has 1 saturated heterocycles. The van der Waals surface area contributed by atoms with Gasteiger partial charge in [-0.05, 0) is 6.42 Å². The molecule has 1 saturated carbocycles. The molecule has 1 aliphatic carbocycles. The van der Waals surface area contributed by atoms with Crippen LogP contribution in [0.4, 0.5) is 0 Å². The van der Waals surface area contributed by atoms with Gasteiger partial charge in [0.25, 0.3) is 0 Å². The highest BCUT2D eigenvalue weighted by molar-refractivity contribution is 5.89. The predicted octanol–water partition coefficient (Wildman–Crippen LogP) is 0.703. The van der Waals surface area contributed by atoms with E-state index >= 15 is 0 Å². The molecule has 0 spiro atoms. The minimum Gasteiger partial charge on any atom is -0.472 e. The van der Waals surface area contributed by atoms with Crippen LogP contribution in [-0.2, 0) is 71.4 Å². The smallest absolute Gasteiger partial charge is 0.337 e. The van der Waals surface area contributed by atoms with Crippen molar-refractivity contribution in [2.45, 2.75) is 91.1 Å². The Morgan fingerprint density at radius 2 is 1.36 bits per heavy atom. The number of esters is 6. The van der Waals surface area contributed by atoms with Crippen molar-refractivity contribution in [2.75, 3.05) is 13.7 Å². The van der Waals surface area contributed by atoms with Crippen LogP contribution in [0.3, 0.4) is 0 Å². The number of carbonyl (C=O) groups excluding carboxylic acids is 6. The Bertz CT molecular complexity index is 1100. The van der Waals surface area contributed by atoms with Gasteiger partial charge in [-0.2, -0.15) is 0 Å². The van der Waals surface area contributed by atoms with Crippen LogP contribution in [0.5, 0.6) is 0 Å². The molecule has 15 nitrogen and oxygen atoms in total. The number of fused-ring (bicyclic) bond motifs is 1. The van der Waals surface area contributed by atoms with Crippen LogP contribution in [0.25, 0.3) is 0 Å². The summed E-state index contributed by atoms with van der Waals surface area (Å²) in [7, 11) is 1.22. The first kappa shape index (κ1) is 32.8. The van der Waals surface area contributed by atoms with Crippen molar-refractivity contribution in [3.8, 4) is 0 Å². The highest BCUT2D eigenvalue weighted by Gasteiger charge is 2.57. The van der Waals surface area contributed by atoms with E-state index in [1.165, 1.54) is 20.3 Å². The number of hydrogen-bond acceptors (Lipinski definition) is 15. The van der Waals surface area contributed by atoms with E-state index in [-0.39, 0.29) is 17.9 Å². The summed E-state index contributed by atoms with van der Waals surface area (Å²) in [6, 6.07) is 0. The van der Waals surface area contributed by atoms with Crippen LogP contribution in [0.15, 0.2) is 11.8 Å². The molecule has 3 aliphatic rings. The molecule has 234 valence electrons. The van der Waals surface area contributed by atoms with Crippen LogP contribution < -0.4 is 0 Å². The average Bonchev–Trinajstić information content (AvgIpc) is 3.20. The fourth-order valence-corrected chi connectivity index (χ4v) is 5.57. The minimum absolute atomic E-state index is 0.213.